The number of halogens is 1. The monoisotopic (exact) mass is 349 g/mol. The maximum Gasteiger partial charge on any atom is 0.270 e. The van der Waals surface area contributed by atoms with Crippen LogP contribution < -0.4 is 5.32 Å². The van der Waals surface area contributed by atoms with Crippen molar-refractivity contribution >= 4 is 37.0 Å². The van der Waals surface area contributed by atoms with Crippen molar-refractivity contribution in [2.45, 2.75) is 55.7 Å². The number of thiophene rings is 1. The van der Waals surface area contributed by atoms with E-state index in [0.29, 0.717) is 11.5 Å². The van der Waals surface area contributed by atoms with Crippen LogP contribution in [0, 0.1) is 5.92 Å². The summed E-state index contributed by atoms with van der Waals surface area (Å²) in [6.07, 6.45) is 6.94. The molecular formula is C14H20ClNO3S2. The average molecular weight is 350 g/mol. The Balaban J connectivity index is 2.03. The summed E-state index contributed by atoms with van der Waals surface area (Å²) in [7, 11) is 1.52. The summed E-state index contributed by atoms with van der Waals surface area (Å²) in [5, 5.41) is 4.59. The van der Waals surface area contributed by atoms with Gasteiger partial charge in [-0.05, 0) is 31.2 Å². The lowest BCUT2D eigenvalue weighted by Gasteiger charge is -2.30. The van der Waals surface area contributed by atoms with Crippen molar-refractivity contribution in [1.82, 2.24) is 5.32 Å². The quantitative estimate of drug-likeness (QED) is 0.823. The Bertz CT molecular complexity index is 591. The molecule has 0 aromatic carbocycles. The fourth-order valence-electron chi connectivity index (χ4n) is 2.90. The number of hydrogen-bond acceptors (Lipinski definition) is 4. The van der Waals surface area contributed by atoms with Crippen LogP contribution in [-0.2, 0) is 9.05 Å². The molecule has 1 amide bonds. The zero-order chi connectivity index (χ0) is 15.5. The molecule has 1 atom stereocenters. The van der Waals surface area contributed by atoms with Crippen LogP contribution in [0.2, 0.25) is 0 Å². The molecule has 1 unspecified atom stereocenters. The molecule has 0 spiro atoms. The van der Waals surface area contributed by atoms with Crippen molar-refractivity contribution in [3.63, 3.8) is 0 Å². The summed E-state index contributed by atoms with van der Waals surface area (Å²) in [5.74, 6) is 0.317. The van der Waals surface area contributed by atoms with Crippen molar-refractivity contribution in [3.05, 3.63) is 17.0 Å². The second kappa shape index (κ2) is 7.11. The molecule has 118 valence electrons. The first-order valence-electron chi connectivity index (χ1n) is 7.26. The number of rotatable bonds is 5. The fourth-order valence-corrected chi connectivity index (χ4v) is 4.85. The van der Waals surface area contributed by atoms with E-state index >= 15 is 0 Å². The highest BCUT2D eigenvalue weighted by molar-refractivity contribution is 8.15. The Labute approximate surface area is 134 Å². The zero-order valence-corrected chi connectivity index (χ0v) is 14.4. The maximum absolute atomic E-state index is 12.3. The molecule has 0 bridgehead atoms. The third kappa shape index (κ3) is 4.44. The molecule has 1 aromatic heterocycles. The molecule has 1 aliphatic rings. The SMILES string of the molecule is CCC(NC(=O)c1csc(S(=O)(=O)Cl)c1)C1CCCCC1. The van der Waals surface area contributed by atoms with Gasteiger partial charge < -0.3 is 5.32 Å². The highest BCUT2D eigenvalue weighted by Gasteiger charge is 2.25. The zero-order valence-electron chi connectivity index (χ0n) is 12.0. The molecule has 7 heteroatoms. The van der Waals surface area contributed by atoms with Crippen molar-refractivity contribution in [2.24, 2.45) is 5.92 Å². The van der Waals surface area contributed by atoms with Gasteiger partial charge in [0.15, 0.2) is 0 Å². The van der Waals surface area contributed by atoms with E-state index in [9.17, 15) is 13.2 Å². The van der Waals surface area contributed by atoms with Gasteiger partial charge in [0.25, 0.3) is 15.0 Å². The molecule has 21 heavy (non-hydrogen) atoms. The van der Waals surface area contributed by atoms with Crippen LogP contribution in [0.15, 0.2) is 15.7 Å². The summed E-state index contributed by atoms with van der Waals surface area (Å²) >= 11 is 0.974. The maximum atomic E-state index is 12.3. The Hall–Kier alpha value is -0.590. The van der Waals surface area contributed by atoms with Crippen LogP contribution in [0.3, 0.4) is 0 Å². The van der Waals surface area contributed by atoms with Crippen LogP contribution in [-0.4, -0.2) is 20.4 Å². The smallest absolute Gasteiger partial charge is 0.270 e. The minimum atomic E-state index is -3.76. The lowest BCUT2D eigenvalue weighted by molar-refractivity contribution is 0.0911. The van der Waals surface area contributed by atoms with Gasteiger partial charge in [0.05, 0.1) is 5.56 Å². The largest absolute Gasteiger partial charge is 0.349 e. The summed E-state index contributed by atoms with van der Waals surface area (Å²) < 4.78 is 22.5. The number of carbonyl (C=O) groups excluding carboxylic acids is 1. The van der Waals surface area contributed by atoms with Gasteiger partial charge in [0.2, 0.25) is 0 Å². The van der Waals surface area contributed by atoms with Gasteiger partial charge in [-0.25, -0.2) is 8.42 Å². The first kappa shape index (κ1) is 16.8. The van der Waals surface area contributed by atoms with E-state index in [1.165, 1.54) is 30.7 Å². The van der Waals surface area contributed by atoms with Gasteiger partial charge in [-0.1, -0.05) is 26.2 Å². The lowest BCUT2D eigenvalue weighted by Crippen LogP contribution is -2.40. The average Bonchev–Trinajstić information content (AvgIpc) is 2.95. The standard InChI is InChI=1S/C14H20ClNO3S2/c1-2-12(10-6-4-3-5-7-10)16-14(17)11-8-13(20-9-11)21(15,18)19/h8-10,12H,2-7H2,1H3,(H,16,17). The van der Waals surface area contributed by atoms with Gasteiger partial charge in [0, 0.05) is 22.1 Å². The highest BCUT2D eigenvalue weighted by Crippen LogP contribution is 2.28. The Morgan fingerprint density at radius 1 is 1.43 bits per heavy atom. The summed E-state index contributed by atoms with van der Waals surface area (Å²) in [5.41, 5.74) is 0.369. The van der Waals surface area contributed by atoms with Crippen LogP contribution >= 0.6 is 22.0 Å². The molecule has 1 saturated carbocycles. The van der Waals surface area contributed by atoms with E-state index in [-0.39, 0.29) is 16.2 Å². The van der Waals surface area contributed by atoms with Gasteiger partial charge in [0.1, 0.15) is 4.21 Å². The van der Waals surface area contributed by atoms with Gasteiger partial charge >= 0.3 is 0 Å². The molecule has 0 aliphatic heterocycles. The summed E-state index contributed by atoms with van der Waals surface area (Å²) in [4.78, 5) is 12.3. The Kier molecular flexibility index (Phi) is 5.68. The second-order valence-electron chi connectivity index (χ2n) is 5.48. The number of carbonyl (C=O) groups is 1. The number of hydrogen-bond donors (Lipinski definition) is 1. The predicted molar refractivity (Wildman–Crippen MR) is 85.5 cm³/mol. The van der Waals surface area contributed by atoms with Gasteiger partial charge in [-0.15, -0.1) is 11.3 Å². The van der Waals surface area contributed by atoms with E-state index in [1.807, 2.05) is 0 Å². The number of nitrogens with one attached hydrogen (secondary N) is 1. The van der Waals surface area contributed by atoms with E-state index in [1.54, 1.807) is 0 Å². The Morgan fingerprint density at radius 3 is 2.62 bits per heavy atom. The highest BCUT2D eigenvalue weighted by atomic mass is 35.7. The second-order valence-corrected chi connectivity index (χ2v) is 9.18. The van der Waals surface area contributed by atoms with Crippen molar-refractivity contribution in [3.8, 4) is 0 Å². The molecule has 1 aliphatic carbocycles. The normalized spacial score (nSPS) is 18.4. The molecule has 0 radical (unpaired) electrons. The molecule has 4 nitrogen and oxygen atoms in total. The van der Waals surface area contributed by atoms with E-state index < -0.39 is 9.05 Å². The lowest BCUT2D eigenvalue weighted by atomic mass is 9.83. The molecule has 1 heterocycles. The minimum Gasteiger partial charge on any atom is -0.349 e. The minimum absolute atomic E-state index is 0.0139. The van der Waals surface area contributed by atoms with E-state index in [2.05, 4.69) is 12.2 Å². The molecule has 1 fully saturated rings. The van der Waals surface area contributed by atoms with Crippen LogP contribution in [0.1, 0.15) is 55.8 Å². The van der Waals surface area contributed by atoms with Crippen LogP contribution in [0.4, 0.5) is 0 Å². The molecule has 0 saturated heterocycles. The van der Waals surface area contributed by atoms with Crippen molar-refractivity contribution < 1.29 is 13.2 Å². The fraction of sp³-hybridized carbons (Fsp3) is 0.643. The van der Waals surface area contributed by atoms with Gasteiger partial charge in [-0.3, -0.25) is 4.79 Å². The molecular weight excluding hydrogens is 330 g/mol. The Morgan fingerprint density at radius 2 is 2.10 bits per heavy atom. The third-order valence-electron chi connectivity index (χ3n) is 4.05. The molecule has 1 aromatic rings. The first-order chi connectivity index (χ1) is 9.91. The topological polar surface area (TPSA) is 63.2 Å². The van der Waals surface area contributed by atoms with E-state index in [4.69, 9.17) is 10.7 Å². The van der Waals surface area contributed by atoms with Crippen molar-refractivity contribution in [2.75, 3.05) is 0 Å². The third-order valence-corrected chi connectivity index (χ3v) is 7.09. The molecule has 2 rings (SSSR count). The van der Waals surface area contributed by atoms with Gasteiger partial charge in [-0.2, -0.15) is 0 Å². The van der Waals surface area contributed by atoms with Crippen LogP contribution in [0.5, 0.6) is 0 Å². The summed E-state index contributed by atoms with van der Waals surface area (Å²) in [6, 6.07) is 1.50. The summed E-state index contributed by atoms with van der Waals surface area (Å²) in [6.45, 7) is 2.07. The predicted octanol–water partition coefficient (Wildman–Crippen LogP) is 3.76. The first-order valence-corrected chi connectivity index (χ1v) is 10.4. The molecule has 1 N–H and O–H groups in total. The van der Waals surface area contributed by atoms with Crippen molar-refractivity contribution in [1.29, 1.82) is 0 Å². The van der Waals surface area contributed by atoms with E-state index in [0.717, 1.165) is 30.6 Å². The van der Waals surface area contributed by atoms with Crippen LogP contribution in [0.25, 0.3) is 0 Å². The number of amides is 1.